The molecule has 2 aromatic heterocycles. The Kier molecular flexibility index (Phi) is 4.60. The van der Waals surface area contributed by atoms with Gasteiger partial charge in [0.05, 0.1) is 5.39 Å². The third-order valence-corrected chi connectivity index (χ3v) is 5.97. The lowest BCUT2D eigenvalue weighted by Crippen LogP contribution is -2.16. The maximum atomic E-state index is 6.25. The van der Waals surface area contributed by atoms with Crippen LogP contribution in [0.5, 0.6) is 5.75 Å². The number of hydrogen-bond acceptors (Lipinski definition) is 4. The first-order chi connectivity index (χ1) is 14.2. The molecule has 2 N–H and O–H groups in total. The van der Waals surface area contributed by atoms with E-state index in [0.29, 0.717) is 23.5 Å². The Labute approximate surface area is 174 Å². The lowest BCUT2D eigenvalue weighted by atomic mass is 9.93. The van der Waals surface area contributed by atoms with Crippen molar-refractivity contribution in [2.45, 2.75) is 31.9 Å². The van der Waals surface area contributed by atoms with Gasteiger partial charge in [-0.1, -0.05) is 41.9 Å². The summed E-state index contributed by atoms with van der Waals surface area (Å²) in [6.45, 7) is 0.415. The van der Waals surface area contributed by atoms with Gasteiger partial charge in [-0.15, -0.1) is 0 Å². The molecule has 1 aliphatic rings. The number of aromatic nitrogens is 3. The van der Waals surface area contributed by atoms with Crippen molar-refractivity contribution >= 4 is 28.5 Å². The van der Waals surface area contributed by atoms with Gasteiger partial charge in [-0.3, -0.25) is 0 Å². The number of rotatable bonds is 5. The molecule has 0 atom stereocenters. The summed E-state index contributed by atoms with van der Waals surface area (Å²) >= 11 is 6.24. The molecule has 0 amide bonds. The first kappa shape index (κ1) is 18.0. The largest absolute Gasteiger partial charge is 0.489 e. The SMILES string of the molecule is Nc1ncnc2c1c(-c1cccc(OCc3ccccc3Cl)c1)cn2C1CCC1. The first-order valence-corrected chi connectivity index (χ1v) is 10.2. The molecule has 29 heavy (non-hydrogen) atoms. The highest BCUT2D eigenvalue weighted by Gasteiger charge is 2.24. The van der Waals surface area contributed by atoms with E-state index in [1.807, 2.05) is 42.5 Å². The predicted octanol–water partition coefficient (Wildman–Crippen LogP) is 5.64. The Balaban J connectivity index is 1.51. The molecule has 6 heteroatoms. The second kappa shape index (κ2) is 7.41. The van der Waals surface area contributed by atoms with Crippen LogP contribution < -0.4 is 10.5 Å². The first-order valence-electron chi connectivity index (χ1n) is 9.78. The Bertz CT molecular complexity index is 1180. The molecule has 0 saturated heterocycles. The van der Waals surface area contributed by atoms with E-state index in [9.17, 15) is 0 Å². The van der Waals surface area contributed by atoms with Crippen molar-refractivity contribution in [2.24, 2.45) is 0 Å². The smallest absolute Gasteiger partial charge is 0.146 e. The molecule has 0 unspecified atom stereocenters. The van der Waals surface area contributed by atoms with Gasteiger partial charge in [-0.2, -0.15) is 0 Å². The summed E-state index contributed by atoms with van der Waals surface area (Å²) in [6.07, 6.45) is 7.31. The monoisotopic (exact) mass is 404 g/mol. The molecule has 0 bridgehead atoms. The zero-order chi connectivity index (χ0) is 19.8. The summed E-state index contributed by atoms with van der Waals surface area (Å²) in [7, 11) is 0. The molecule has 2 heterocycles. The van der Waals surface area contributed by atoms with E-state index in [-0.39, 0.29) is 0 Å². The van der Waals surface area contributed by atoms with Gasteiger partial charge < -0.3 is 15.0 Å². The van der Waals surface area contributed by atoms with E-state index in [2.05, 4.69) is 26.8 Å². The molecule has 1 saturated carbocycles. The minimum atomic E-state index is 0.415. The molecular formula is C23H21ClN4O. The summed E-state index contributed by atoms with van der Waals surface area (Å²) in [5, 5.41) is 1.61. The average molecular weight is 405 g/mol. The quantitative estimate of drug-likeness (QED) is 0.467. The van der Waals surface area contributed by atoms with Crippen LogP contribution in [0.2, 0.25) is 5.02 Å². The van der Waals surface area contributed by atoms with Crippen LogP contribution in [-0.2, 0) is 6.61 Å². The minimum Gasteiger partial charge on any atom is -0.489 e. The van der Waals surface area contributed by atoms with Crippen LogP contribution in [0.3, 0.4) is 0 Å². The van der Waals surface area contributed by atoms with Gasteiger partial charge in [0.2, 0.25) is 0 Å². The van der Waals surface area contributed by atoms with E-state index in [1.165, 1.54) is 19.3 Å². The maximum absolute atomic E-state index is 6.25. The van der Waals surface area contributed by atoms with Gasteiger partial charge in [-0.25, -0.2) is 9.97 Å². The lowest BCUT2D eigenvalue weighted by Gasteiger charge is -2.27. The van der Waals surface area contributed by atoms with Gasteiger partial charge in [0, 0.05) is 28.4 Å². The molecule has 0 radical (unpaired) electrons. The molecule has 0 spiro atoms. The topological polar surface area (TPSA) is 66.0 Å². The number of nitrogens with zero attached hydrogens (tertiary/aromatic N) is 3. The van der Waals surface area contributed by atoms with Crippen molar-refractivity contribution in [2.75, 3.05) is 5.73 Å². The molecule has 146 valence electrons. The lowest BCUT2D eigenvalue weighted by molar-refractivity contribution is 0.306. The number of ether oxygens (including phenoxy) is 1. The molecule has 5 rings (SSSR count). The number of benzene rings is 2. The average Bonchev–Trinajstić information content (AvgIpc) is 3.07. The zero-order valence-corrected chi connectivity index (χ0v) is 16.6. The second-order valence-electron chi connectivity index (χ2n) is 7.40. The van der Waals surface area contributed by atoms with Gasteiger partial charge in [0.15, 0.2) is 0 Å². The number of halogens is 1. The van der Waals surface area contributed by atoms with Crippen LogP contribution in [0, 0.1) is 0 Å². The fourth-order valence-corrected chi connectivity index (χ4v) is 3.99. The molecule has 1 aliphatic carbocycles. The van der Waals surface area contributed by atoms with E-state index in [1.54, 1.807) is 6.33 Å². The summed E-state index contributed by atoms with van der Waals surface area (Å²) < 4.78 is 8.26. The van der Waals surface area contributed by atoms with Crippen LogP contribution in [-0.4, -0.2) is 14.5 Å². The van der Waals surface area contributed by atoms with Crippen LogP contribution in [0.4, 0.5) is 5.82 Å². The molecule has 0 aliphatic heterocycles. The number of nitrogen functional groups attached to an aromatic ring is 1. The Morgan fingerprint density at radius 3 is 2.76 bits per heavy atom. The standard InChI is InChI=1S/C23H21ClN4O/c24-20-10-2-1-5-16(20)13-29-18-9-3-6-15(11-18)19-12-28(17-7-4-8-17)23-21(19)22(25)26-14-27-23/h1-3,5-6,9-12,14,17H,4,7-8,13H2,(H2,25,26,27). The van der Waals surface area contributed by atoms with Crippen molar-refractivity contribution in [3.05, 3.63) is 71.6 Å². The molecule has 4 aromatic rings. The highest BCUT2D eigenvalue weighted by molar-refractivity contribution is 6.31. The van der Waals surface area contributed by atoms with Gasteiger partial charge >= 0.3 is 0 Å². The van der Waals surface area contributed by atoms with Crippen molar-refractivity contribution < 1.29 is 4.74 Å². The third kappa shape index (κ3) is 3.32. The van der Waals surface area contributed by atoms with E-state index < -0.39 is 0 Å². The van der Waals surface area contributed by atoms with Crippen LogP contribution in [0.25, 0.3) is 22.2 Å². The molecule has 5 nitrogen and oxygen atoms in total. The van der Waals surface area contributed by atoms with Gasteiger partial charge in [0.25, 0.3) is 0 Å². The summed E-state index contributed by atoms with van der Waals surface area (Å²) in [5.74, 6) is 1.29. The fraction of sp³-hybridized carbons (Fsp3) is 0.217. The minimum absolute atomic E-state index is 0.415. The molecule has 1 fully saturated rings. The van der Waals surface area contributed by atoms with E-state index >= 15 is 0 Å². The number of hydrogen-bond donors (Lipinski definition) is 1. The molecular weight excluding hydrogens is 384 g/mol. The van der Waals surface area contributed by atoms with Crippen molar-refractivity contribution in [1.29, 1.82) is 0 Å². The maximum Gasteiger partial charge on any atom is 0.146 e. The van der Waals surface area contributed by atoms with Crippen LogP contribution >= 0.6 is 11.6 Å². The highest BCUT2D eigenvalue weighted by Crippen LogP contribution is 2.40. The zero-order valence-electron chi connectivity index (χ0n) is 15.9. The Hall–Kier alpha value is -3.05. The number of fused-ring (bicyclic) bond motifs is 1. The Morgan fingerprint density at radius 2 is 1.97 bits per heavy atom. The summed E-state index contributed by atoms with van der Waals surface area (Å²) in [4.78, 5) is 8.75. The summed E-state index contributed by atoms with van der Waals surface area (Å²) in [6, 6.07) is 16.2. The number of anilines is 1. The molecule has 2 aromatic carbocycles. The summed E-state index contributed by atoms with van der Waals surface area (Å²) in [5.41, 5.74) is 10.2. The van der Waals surface area contributed by atoms with E-state index in [4.69, 9.17) is 22.1 Å². The highest BCUT2D eigenvalue weighted by atomic mass is 35.5. The van der Waals surface area contributed by atoms with Crippen LogP contribution in [0.1, 0.15) is 30.9 Å². The predicted molar refractivity (Wildman–Crippen MR) is 116 cm³/mol. The normalized spacial score (nSPS) is 14.1. The van der Waals surface area contributed by atoms with E-state index in [0.717, 1.165) is 33.5 Å². The number of nitrogens with two attached hydrogens (primary N) is 1. The van der Waals surface area contributed by atoms with Gasteiger partial charge in [-0.05, 0) is 43.0 Å². The second-order valence-corrected chi connectivity index (χ2v) is 7.81. The van der Waals surface area contributed by atoms with Crippen molar-refractivity contribution in [3.8, 4) is 16.9 Å². The Morgan fingerprint density at radius 1 is 1.10 bits per heavy atom. The van der Waals surface area contributed by atoms with Crippen molar-refractivity contribution in [1.82, 2.24) is 14.5 Å². The van der Waals surface area contributed by atoms with Gasteiger partial charge in [0.1, 0.15) is 30.1 Å². The third-order valence-electron chi connectivity index (χ3n) is 5.60. The van der Waals surface area contributed by atoms with Crippen LogP contribution in [0.15, 0.2) is 61.1 Å². The fourth-order valence-electron chi connectivity index (χ4n) is 3.80. The van der Waals surface area contributed by atoms with Crippen molar-refractivity contribution in [3.63, 3.8) is 0 Å².